The van der Waals surface area contributed by atoms with Gasteiger partial charge in [0.2, 0.25) is 5.95 Å². The summed E-state index contributed by atoms with van der Waals surface area (Å²) in [6.45, 7) is 0.823. The van der Waals surface area contributed by atoms with Crippen molar-refractivity contribution in [1.82, 2.24) is 14.7 Å². The van der Waals surface area contributed by atoms with Gasteiger partial charge in [0.25, 0.3) is 10.0 Å². The van der Waals surface area contributed by atoms with Gasteiger partial charge in [0.1, 0.15) is 11.6 Å². The Balaban J connectivity index is 1.33. The first-order valence-corrected chi connectivity index (χ1v) is 12.0. The summed E-state index contributed by atoms with van der Waals surface area (Å²) in [7, 11) is -3.57. The van der Waals surface area contributed by atoms with Gasteiger partial charge in [-0.05, 0) is 79.8 Å². The van der Waals surface area contributed by atoms with Crippen molar-refractivity contribution in [1.29, 1.82) is 0 Å². The van der Waals surface area contributed by atoms with E-state index in [1.807, 2.05) is 12.1 Å². The molecule has 0 bridgehead atoms. The van der Waals surface area contributed by atoms with Gasteiger partial charge in [0.05, 0.1) is 4.90 Å². The Morgan fingerprint density at radius 1 is 1.03 bits per heavy atom. The Labute approximate surface area is 186 Å². The topological polar surface area (TPSA) is 107 Å². The molecule has 0 spiro atoms. The van der Waals surface area contributed by atoms with Crippen molar-refractivity contribution in [3.8, 4) is 5.75 Å². The molecule has 0 radical (unpaired) electrons. The zero-order valence-electron chi connectivity index (χ0n) is 17.3. The maximum absolute atomic E-state index is 12.4. The van der Waals surface area contributed by atoms with Crippen molar-refractivity contribution in [3.63, 3.8) is 0 Å². The van der Waals surface area contributed by atoms with E-state index in [4.69, 9.17) is 0 Å². The molecular formula is C23H23N5O3S. The lowest BCUT2D eigenvalue weighted by Crippen LogP contribution is -2.25. The number of hydrogen-bond donors (Lipinski definition) is 3. The molecule has 1 saturated carbocycles. The van der Waals surface area contributed by atoms with E-state index in [2.05, 4.69) is 24.9 Å². The molecule has 2 aromatic carbocycles. The second-order valence-electron chi connectivity index (χ2n) is 7.88. The van der Waals surface area contributed by atoms with E-state index in [9.17, 15) is 13.5 Å². The molecule has 0 atom stereocenters. The van der Waals surface area contributed by atoms with Gasteiger partial charge in [-0.3, -0.25) is 4.72 Å². The minimum atomic E-state index is -3.57. The number of anilines is 4. The summed E-state index contributed by atoms with van der Waals surface area (Å²) in [5, 5.41) is 12.9. The molecule has 1 aliphatic heterocycles. The number of fused-ring (bicyclic) bond motifs is 1. The number of benzene rings is 2. The van der Waals surface area contributed by atoms with Crippen LogP contribution in [0.3, 0.4) is 0 Å². The first-order chi connectivity index (χ1) is 15.5. The van der Waals surface area contributed by atoms with Crippen molar-refractivity contribution < 1.29 is 13.5 Å². The third-order valence-corrected chi connectivity index (χ3v) is 6.80. The van der Waals surface area contributed by atoms with Crippen molar-refractivity contribution in [2.75, 3.05) is 16.8 Å². The fraction of sp³-hybridized carbons (Fsp3) is 0.217. The number of aromatic hydroxyl groups is 1. The molecule has 1 aliphatic carbocycles. The SMILES string of the molecule is O=S(=O)(NC=C1CC1)c1ccc(Nc2nccc(N3CCCc4cc(O)ccc43)n2)cc1. The van der Waals surface area contributed by atoms with E-state index in [0.717, 1.165) is 54.9 Å². The zero-order valence-corrected chi connectivity index (χ0v) is 18.1. The Hall–Kier alpha value is -3.59. The fourth-order valence-electron chi connectivity index (χ4n) is 3.67. The van der Waals surface area contributed by atoms with E-state index in [0.29, 0.717) is 11.6 Å². The first kappa shape index (κ1) is 20.3. The van der Waals surface area contributed by atoms with Crippen molar-refractivity contribution in [3.05, 3.63) is 72.1 Å². The Kier molecular flexibility index (Phi) is 5.18. The highest BCUT2D eigenvalue weighted by atomic mass is 32.2. The maximum atomic E-state index is 12.4. The van der Waals surface area contributed by atoms with Gasteiger partial charge >= 0.3 is 0 Å². The average molecular weight is 450 g/mol. The first-order valence-electron chi connectivity index (χ1n) is 10.5. The Bertz CT molecular complexity index is 1280. The number of nitrogens with zero attached hydrogens (tertiary/aromatic N) is 3. The van der Waals surface area contributed by atoms with E-state index < -0.39 is 10.0 Å². The van der Waals surface area contributed by atoms with Crippen LogP contribution < -0.4 is 14.9 Å². The van der Waals surface area contributed by atoms with Crippen LogP contribution in [0.25, 0.3) is 0 Å². The number of nitrogens with one attached hydrogen (secondary N) is 2. The number of hydrogen-bond acceptors (Lipinski definition) is 7. The molecule has 3 aromatic rings. The van der Waals surface area contributed by atoms with Gasteiger partial charge in [0.15, 0.2) is 0 Å². The maximum Gasteiger partial charge on any atom is 0.261 e. The Morgan fingerprint density at radius 3 is 2.62 bits per heavy atom. The number of phenols is 1. The summed E-state index contributed by atoms with van der Waals surface area (Å²) >= 11 is 0. The summed E-state index contributed by atoms with van der Waals surface area (Å²) in [5.74, 6) is 1.44. The Morgan fingerprint density at radius 2 is 1.84 bits per heavy atom. The molecule has 2 heterocycles. The van der Waals surface area contributed by atoms with Gasteiger partial charge < -0.3 is 15.3 Å². The van der Waals surface area contributed by atoms with Crippen LogP contribution in [0.15, 0.2) is 71.4 Å². The van der Waals surface area contributed by atoms with E-state index in [1.54, 1.807) is 48.8 Å². The lowest BCUT2D eigenvalue weighted by atomic mass is 10.0. The van der Waals surface area contributed by atoms with Gasteiger partial charge in [-0.25, -0.2) is 13.4 Å². The molecule has 8 nitrogen and oxygen atoms in total. The lowest BCUT2D eigenvalue weighted by Gasteiger charge is -2.30. The molecule has 32 heavy (non-hydrogen) atoms. The molecule has 1 fully saturated rings. The van der Waals surface area contributed by atoms with Crippen LogP contribution in [0.4, 0.5) is 23.1 Å². The number of sulfonamides is 1. The smallest absolute Gasteiger partial charge is 0.261 e. The summed E-state index contributed by atoms with van der Waals surface area (Å²) in [4.78, 5) is 11.3. The molecule has 3 N–H and O–H groups in total. The molecule has 9 heteroatoms. The molecule has 0 unspecified atom stereocenters. The quantitative estimate of drug-likeness (QED) is 0.523. The van der Waals surface area contributed by atoms with E-state index in [-0.39, 0.29) is 10.6 Å². The van der Waals surface area contributed by atoms with E-state index in [1.165, 1.54) is 0 Å². The minimum Gasteiger partial charge on any atom is -0.508 e. The van der Waals surface area contributed by atoms with Gasteiger partial charge in [-0.2, -0.15) is 4.98 Å². The molecule has 164 valence electrons. The van der Waals surface area contributed by atoms with E-state index >= 15 is 0 Å². The monoisotopic (exact) mass is 449 g/mol. The molecule has 2 aliphatic rings. The van der Waals surface area contributed by atoms with Crippen LogP contribution >= 0.6 is 0 Å². The summed E-state index contributed by atoms with van der Waals surface area (Å²) < 4.78 is 27.2. The molecule has 0 saturated heterocycles. The molecule has 1 aromatic heterocycles. The third kappa shape index (κ3) is 4.38. The number of phenolic OH excluding ortho intramolecular Hbond substituents is 1. The molecular weight excluding hydrogens is 426 g/mol. The minimum absolute atomic E-state index is 0.198. The number of allylic oxidation sites excluding steroid dienone is 1. The van der Waals surface area contributed by atoms with Crippen molar-refractivity contribution in [2.24, 2.45) is 0 Å². The predicted molar refractivity (Wildman–Crippen MR) is 123 cm³/mol. The highest BCUT2D eigenvalue weighted by Gasteiger charge is 2.20. The third-order valence-electron chi connectivity index (χ3n) is 5.48. The van der Waals surface area contributed by atoms with Crippen LogP contribution in [-0.4, -0.2) is 30.0 Å². The summed E-state index contributed by atoms with van der Waals surface area (Å²) in [6.07, 6.45) is 7.04. The van der Waals surface area contributed by atoms with Crippen LogP contribution in [0.2, 0.25) is 0 Å². The highest BCUT2D eigenvalue weighted by molar-refractivity contribution is 7.89. The van der Waals surface area contributed by atoms with Crippen molar-refractivity contribution >= 4 is 33.2 Å². The van der Waals surface area contributed by atoms with Crippen LogP contribution in [0.1, 0.15) is 24.8 Å². The molecule has 0 amide bonds. The lowest BCUT2D eigenvalue weighted by molar-refractivity contribution is 0.474. The van der Waals surface area contributed by atoms with Crippen LogP contribution in [-0.2, 0) is 16.4 Å². The van der Waals surface area contributed by atoms with Crippen LogP contribution in [0, 0.1) is 0 Å². The van der Waals surface area contributed by atoms with Crippen molar-refractivity contribution in [2.45, 2.75) is 30.6 Å². The predicted octanol–water partition coefficient (Wildman–Crippen LogP) is 3.97. The highest BCUT2D eigenvalue weighted by Crippen LogP contribution is 2.34. The summed E-state index contributed by atoms with van der Waals surface area (Å²) in [6, 6.07) is 13.7. The van der Waals surface area contributed by atoms with Crippen LogP contribution in [0.5, 0.6) is 5.75 Å². The zero-order chi connectivity index (χ0) is 22.1. The molecule has 5 rings (SSSR count). The van der Waals surface area contributed by atoms with Gasteiger partial charge in [0, 0.05) is 30.3 Å². The van der Waals surface area contributed by atoms with Gasteiger partial charge in [-0.15, -0.1) is 0 Å². The number of aromatic nitrogens is 2. The number of aryl methyl sites for hydroxylation is 1. The fourth-order valence-corrected chi connectivity index (χ4v) is 4.63. The normalized spacial score (nSPS) is 15.1. The second kappa shape index (κ2) is 8.16. The summed E-state index contributed by atoms with van der Waals surface area (Å²) in [5.41, 5.74) is 3.91. The standard InChI is InChI=1S/C23H23N5O3S/c29-19-7-10-21-17(14-19)2-1-13-28(21)22-11-12-24-23(27-22)26-18-5-8-20(9-6-18)32(30,31)25-15-16-3-4-16/h5-12,14-15,25,29H,1-4,13H2,(H,24,26,27). The second-order valence-corrected chi connectivity index (χ2v) is 9.59. The van der Waals surface area contributed by atoms with Gasteiger partial charge in [-0.1, -0.05) is 5.57 Å². The number of rotatable bonds is 6. The largest absolute Gasteiger partial charge is 0.508 e. The average Bonchev–Trinajstić information content (AvgIpc) is 3.62.